The number of fused-ring (bicyclic) bond motifs is 1. The molecule has 0 unspecified atom stereocenters. The first kappa shape index (κ1) is 15.9. The van der Waals surface area contributed by atoms with Gasteiger partial charge >= 0.3 is 11.9 Å². The Morgan fingerprint density at radius 1 is 1.27 bits per heavy atom. The number of carboxylic acids is 2. The average molecular weight is 302 g/mol. The molecule has 2 heterocycles. The van der Waals surface area contributed by atoms with Crippen LogP contribution in [0, 0.1) is 5.92 Å². The standard InChI is InChI=1S/C12H14N2.C4H4O4/c1-2-10(8-13-4-1)11-6-9-3-5-14-12(9)7-11;5-3(6)1-2-4(7)8/h1-2,4,7-9,12,14H,3,5-6H2;1-2H,(H,5,6)(H,7,8)/t9-,12+;/m0./s1. The highest BCUT2D eigenvalue weighted by molar-refractivity contribution is 5.89. The van der Waals surface area contributed by atoms with E-state index in [0.717, 1.165) is 5.92 Å². The fraction of sp³-hybridized carbons (Fsp3) is 0.312. The zero-order chi connectivity index (χ0) is 15.9. The Morgan fingerprint density at radius 2 is 2.00 bits per heavy atom. The van der Waals surface area contributed by atoms with Crippen LogP contribution in [0.3, 0.4) is 0 Å². The van der Waals surface area contributed by atoms with E-state index in [1.54, 1.807) is 0 Å². The van der Waals surface area contributed by atoms with Crippen molar-refractivity contribution in [2.45, 2.75) is 18.9 Å². The summed E-state index contributed by atoms with van der Waals surface area (Å²) in [7, 11) is 0. The van der Waals surface area contributed by atoms with Gasteiger partial charge in [0, 0.05) is 30.6 Å². The van der Waals surface area contributed by atoms with Crippen LogP contribution < -0.4 is 5.32 Å². The predicted octanol–water partition coefficient (Wildman–Crippen LogP) is 1.56. The Hall–Kier alpha value is -2.47. The fourth-order valence-corrected chi connectivity index (χ4v) is 2.68. The normalized spacial score (nSPS) is 22.6. The quantitative estimate of drug-likeness (QED) is 0.733. The number of nitrogens with zero attached hydrogens (tertiary/aromatic N) is 1. The molecule has 1 aliphatic carbocycles. The van der Waals surface area contributed by atoms with E-state index in [1.165, 1.54) is 30.5 Å². The number of aliphatic carboxylic acids is 2. The Bertz CT molecular complexity index is 579. The molecule has 116 valence electrons. The van der Waals surface area contributed by atoms with Crippen LogP contribution in [0.25, 0.3) is 5.57 Å². The van der Waals surface area contributed by atoms with E-state index in [1.807, 2.05) is 18.5 Å². The molecule has 22 heavy (non-hydrogen) atoms. The summed E-state index contributed by atoms with van der Waals surface area (Å²) >= 11 is 0. The average Bonchev–Trinajstić information content (AvgIpc) is 3.08. The summed E-state index contributed by atoms with van der Waals surface area (Å²) < 4.78 is 0. The van der Waals surface area contributed by atoms with Gasteiger partial charge in [-0.3, -0.25) is 4.98 Å². The van der Waals surface area contributed by atoms with Crippen molar-refractivity contribution in [3.8, 4) is 0 Å². The zero-order valence-corrected chi connectivity index (χ0v) is 12.0. The molecule has 6 heteroatoms. The van der Waals surface area contributed by atoms with Crippen LogP contribution in [0.5, 0.6) is 0 Å². The molecule has 0 amide bonds. The van der Waals surface area contributed by atoms with Crippen LogP contribution in [-0.4, -0.2) is 39.7 Å². The lowest BCUT2D eigenvalue weighted by atomic mass is 10.00. The molecular weight excluding hydrogens is 284 g/mol. The third-order valence-electron chi connectivity index (χ3n) is 3.67. The molecule has 0 radical (unpaired) electrons. The highest BCUT2D eigenvalue weighted by Crippen LogP contribution is 2.36. The van der Waals surface area contributed by atoms with E-state index in [0.29, 0.717) is 18.2 Å². The third kappa shape index (κ3) is 4.53. The summed E-state index contributed by atoms with van der Waals surface area (Å²) in [5, 5.41) is 19.1. The first-order valence-corrected chi connectivity index (χ1v) is 7.04. The summed E-state index contributed by atoms with van der Waals surface area (Å²) in [4.78, 5) is 23.3. The van der Waals surface area contributed by atoms with Gasteiger partial charge in [0.2, 0.25) is 0 Å². The van der Waals surface area contributed by atoms with Crippen molar-refractivity contribution >= 4 is 17.5 Å². The van der Waals surface area contributed by atoms with E-state index in [9.17, 15) is 9.59 Å². The van der Waals surface area contributed by atoms with Crippen LogP contribution in [0.15, 0.2) is 42.8 Å². The van der Waals surface area contributed by atoms with Gasteiger partial charge in [0.25, 0.3) is 0 Å². The zero-order valence-electron chi connectivity index (χ0n) is 12.0. The van der Waals surface area contributed by atoms with Crippen molar-refractivity contribution in [2.24, 2.45) is 5.92 Å². The van der Waals surface area contributed by atoms with Gasteiger partial charge in [-0.25, -0.2) is 9.59 Å². The maximum absolute atomic E-state index is 9.55. The van der Waals surface area contributed by atoms with Crippen molar-refractivity contribution in [2.75, 3.05) is 6.54 Å². The minimum atomic E-state index is -1.26. The Kier molecular flexibility index (Phi) is 5.43. The lowest BCUT2D eigenvalue weighted by Gasteiger charge is -2.06. The van der Waals surface area contributed by atoms with Crippen molar-refractivity contribution in [3.05, 3.63) is 48.3 Å². The molecule has 0 bridgehead atoms. The number of aromatic nitrogens is 1. The maximum atomic E-state index is 9.55. The lowest BCUT2D eigenvalue weighted by Crippen LogP contribution is -2.20. The van der Waals surface area contributed by atoms with Crippen molar-refractivity contribution in [1.29, 1.82) is 0 Å². The molecule has 3 N–H and O–H groups in total. The second-order valence-electron chi connectivity index (χ2n) is 5.18. The second-order valence-corrected chi connectivity index (χ2v) is 5.18. The largest absolute Gasteiger partial charge is 0.478 e. The summed E-state index contributed by atoms with van der Waals surface area (Å²) in [6.45, 7) is 1.19. The van der Waals surface area contributed by atoms with Gasteiger partial charge in [0.05, 0.1) is 0 Å². The fourth-order valence-electron chi connectivity index (χ4n) is 2.68. The van der Waals surface area contributed by atoms with Gasteiger partial charge < -0.3 is 15.5 Å². The molecule has 0 saturated carbocycles. The molecule has 0 aromatic carbocycles. The summed E-state index contributed by atoms with van der Waals surface area (Å²) in [6, 6.07) is 4.79. The topological polar surface area (TPSA) is 99.5 Å². The van der Waals surface area contributed by atoms with Crippen LogP contribution in [0.1, 0.15) is 18.4 Å². The number of allylic oxidation sites excluding steroid dienone is 1. The first-order chi connectivity index (χ1) is 10.6. The van der Waals surface area contributed by atoms with Crippen LogP contribution in [0.4, 0.5) is 0 Å². The van der Waals surface area contributed by atoms with Gasteiger partial charge in [0.15, 0.2) is 0 Å². The summed E-state index contributed by atoms with van der Waals surface area (Å²) in [5.41, 5.74) is 2.77. The number of carbonyl (C=O) groups is 2. The summed E-state index contributed by atoms with van der Waals surface area (Å²) in [5.74, 6) is -1.68. The van der Waals surface area contributed by atoms with E-state index in [-0.39, 0.29) is 0 Å². The number of carboxylic acid groups (broad SMARTS) is 2. The lowest BCUT2D eigenvalue weighted by molar-refractivity contribution is -0.134. The molecule has 1 aromatic heterocycles. The smallest absolute Gasteiger partial charge is 0.328 e. The molecular formula is C16H18N2O4. The van der Waals surface area contributed by atoms with E-state index < -0.39 is 11.9 Å². The monoisotopic (exact) mass is 302 g/mol. The van der Waals surface area contributed by atoms with Crippen LogP contribution >= 0.6 is 0 Å². The third-order valence-corrected chi connectivity index (χ3v) is 3.67. The number of rotatable bonds is 3. The van der Waals surface area contributed by atoms with E-state index in [2.05, 4.69) is 22.4 Å². The maximum Gasteiger partial charge on any atom is 0.328 e. The number of hydrogen-bond acceptors (Lipinski definition) is 4. The van der Waals surface area contributed by atoms with E-state index in [4.69, 9.17) is 10.2 Å². The Morgan fingerprint density at radius 3 is 2.55 bits per heavy atom. The molecule has 1 saturated heterocycles. The highest BCUT2D eigenvalue weighted by atomic mass is 16.4. The second kappa shape index (κ2) is 7.51. The number of nitrogens with one attached hydrogen (secondary N) is 1. The molecule has 6 nitrogen and oxygen atoms in total. The van der Waals surface area contributed by atoms with Crippen molar-refractivity contribution in [3.63, 3.8) is 0 Å². The van der Waals surface area contributed by atoms with Gasteiger partial charge in [-0.15, -0.1) is 0 Å². The van der Waals surface area contributed by atoms with Crippen molar-refractivity contribution < 1.29 is 19.8 Å². The van der Waals surface area contributed by atoms with E-state index >= 15 is 0 Å². The number of pyridine rings is 1. The summed E-state index contributed by atoms with van der Waals surface area (Å²) in [6.07, 6.45) is 9.85. The molecule has 1 aromatic rings. The Balaban J connectivity index is 0.000000192. The minimum absolute atomic E-state index is 0.558. The highest BCUT2D eigenvalue weighted by Gasteiger charge is 2.31. The first-order valence-electron chi connectivity index (χ1n) is 7.04. The van der Waals surface area contributed by atoms with Crippen LogP contribution in [0.2, 0.25) is 0 Å². The predicted molar refractivity (Wildman–Crippen MR) is 81.1 cm³/mol. The molecule has 1 fully saturated rings. The molecule has 1 aliphatic heterocycles. The molecule has 3 rings (SSSR count). The minimum Gasteiger partial charge on any atom is -0.478 e. The number of hydrogen-bond donors (Lipinski definition) is 3. The van der Waals surface area contributed by atoms with Crippen molar-refractivity contribution in [1.82, 2.24) is 10.3 Å². The Labute approximate surface area is 128 Å². The molecule has 2 aliphatic rings. The SMILES string of the molecule is C1=C(c2cccnc2)C[C@@H]2CCN[C@H]12.O=C(O)C=CC(=O)O. The molecule has 2 atom stereocenters. The van der Waals surface area contributed by atoms with Gasteiger partial charge in [-0.05, 0) is 42.5 Å². The van der Waals surface area contributed by atoms with Gasteiger partial charge in [0.1, 0.15) is 0 Å². The van der Waals surface area contributed by atoms with Gasteiger partial charge in [-0.2, -0.15) is 0 Å². The molecule has 0 spiro atoms. The van der Waals surface area contributed by atoms with Gasteiger partial charge in [-0.1, -0.05) is 12.1 Å². The van der Waals surface area contributed by atoms with Crippen LogP contribution in [-0.2, 0) is 9.59 Å².